The van der Waals surface area contributed by atoms with Crippen molar-refractivity contribution in [1.82, 2.24) is 10.3 Å². The monoisotopic (exact) mass is 514 g/mol. The van der Waals surface area contributed by atoms with Crippen molar-refractivity contribution in [3.05, 3.63) is 130 Å². The molecular formula is C28H23BrN2OS. The fraction of sp³-hybridized carbons (Fsp3) is 0.0714. The first kappa shape index (κ1) is 23.0. The maximum Gasteiger partial charge on any atom is 0.251 e. The van der Waals surface area contributed by atoms with Gasteiger partial charge in [0.2, 0.25) is 0 Å². The summed E-state index contributed by atoms with van der Waals surface area (Å²) in [6, 6.07) is 27.9. The number of nitrogens with zero attached hydrogens (tertiary/aromatic N) is 1. The highest BCUT2D eigenvalue weighted by Gasteiger charge is 2.12. The van der Waals surface area contributed by atoms with Crippen LogP contribution in [0, 0.1) is 6.92 Å². The normalized spacial score (nSPS) is 10.6. The quantitative estimate of drug-likeness (QED) is 0.281. The van der Waals surface area contributed by atoms with Crippen LogP contribution in [0.2, 0.25) is 0 Å². The molecule has 0 fully saturated rings. The van der Waals surface area contributed by atoms with E-state index in [1.165, 1.54) is 0 Å². The van der Waals surface area contributed by atoms with Gasteiger partial charge in [0, 0.05) is 26.0 Å². The van der Waals surface area contributed by atoms with Crippen molar-refractivity contribution < 1.29 is 4.79 Å². The van der Waals surface area contributed by atoms with Crippen LogP contribution in [0.15, 0.2) is 112 Å². The molecular weight excluding hydrogens is 492 g/mol. The van der Waals surface area contributed by atoms with Gasteiger partial charge >= 0.3 is 0 Å². The molecule has 164 valence electrons. The number of halogens is 1. The number of nitrogens with one attached hydrogen (secondary N) is 1. The summed E-state index contributed by atoms with van der Waals surface area (Å²) in [4.78, 5) is 19.1. The lowest BCUT2D eigenvalue weighted by atomic mass is 10.00. The first-order chi connectivity index (χ1) is 16.0. The molecule has 1 heterocycles. The first-order valence-electron chi connectivity index (χ1n) is 10.5. The molecule has 1 amide bonds. The molecule has 0 aliphatic carbocycles. The zero-order valence-corrected chi connectivity index (χ0v) is 20.6. The van der Waals surface area contributed by atoms with Crippen LogP contribution in [0.1, 0.15) is 32.7 Å². The highest BCUT2D eigenvalue weighted by atomic mass is 79.9. The number of rotatable bonds is 7. The Morgan fingerprint density at radius 1 is 0.939 bits per heavy atom. The lowest BCUT2D eigenvalue weighted by Gasteiger charge is -2.14. The predicted octanol–water partition coefficient (Wildman–Crippen LogP) is 7.30. The van der Waals surface area contributed by atoms with E-state index in [0.29, 0.717) is 12.1 Å². The standard InChI is InChI=1S/C28H23BrN2OS/c1-19-17-22(28(32)31-18-24-7-5-6-16-30-24)12-15-26(19)33-27-9-4-3-8-25(27)20(2)21-10-13-23(29)14-11-21/h3-17H,2,18H2,1H3,(H,31,32). The number of hydrogen-bond acceptors (Lipinski definition) is 3. The van der Waals surface area contributed by atoms with Crippen LogP contribution in [0.5, 0.6) is 0 Å². The zero-order chi connectivity index (χ0) is 23.2. The van der Waals surface area contributed by atoms with Gasteiger partial charge in [0.1, 0.15) is 0 Å². The van der Waals surface area contributed by atoms with E-state index in [1.807, 2.05) is 67.6 Å². The fourth-order valence-electron chi connectivity index (χ4n) is 3.41. The maximum absolute atomic E-state index is 12.6. The molecule has 4 aromatic rings. The van der Waals surface area contributed by atoms with Gasteiger partial charge in [-0.2, -0.15) is 0 Å². The Kier molecular flexibility index (Phi) is 7.43. The van der Waals surface area contributed by atoms with E-state index in [1.54, 1.807) is 18.0 Å². The molecule has 1 N–H and O–H groups in total. The number of carbonyl (C=O) groups excluding carboxylic acids is 1. The van der Waals surface area contributed by atoms with E-state index >= 15 is 0 Å². The second kappa shape index (κ2) is 10.6. The van der Waals surface area contributed by atoms with Crippen LogP contribution in [0.25, 0.3) is 5.57 Å². The topological polar surface area (TPSA) is 42.0 Å². The summed E-state index contributed by atoms with van der Waals surface area (Å²) in [7, 11) is 0. The summed E-state index contributed by atoms with van der Waals surface area (Å²) in [6.07, 6.45) is 1.72. The highest BCUT2D eigenvalue weighted by molar-refractivity contribution is 9.10. The van der Waals surface area contributed by atoms with Crippen molar-refractivity contribution in [2.75, 3.05) is 0 Å². The Bertz CT molecular complexity index is 1290. The molecule has 1 aromatic heterocycles. The third-order valence-corrected chi connectivity index (χ3v) is 7.00. The highest BCUT2D eigenvalue weighted by Crippen LogP contribution is 2.37. The molecule has 0 saturated carbocycles. The third kappa shape index (κ3) is 5.81. The minimum absolute atomic E-state index is 0.107. The Labute approximate surface area is 207 Å². The van der Waals surface area contributed by atoms with E-state index in [2.05, 4.69) is 57.1 Å². The van der Waals surface area contributed by atoms with Crippen LogP contribution in [-0.2, 0) is 6.54 Å². The van der Waals surface area contributed by atoms with Gasteiger partial charge in [-0.05, 0) is 77.7 Å². The molecule has 0 aliphatic heterocycles. The molecule has 0 bridgehead atoms. The molecule has 4 rings (SSSR count). The van der Waals surface area contributed by atoms with Crippen molar-refractivity contribution in [3.8, 4) is 0 Å². The van der Waals surface area contributed by atoms with Crippen LogP contribution < -0.4 is 5.32 Å². The van der Waals surface area contributed by atoms with E-state index in [0.717, 1.165) is 42.2 Å². The molecule has 0 aliphatic rings. The molecule has 3 aromatic carbocycles. The largest absolute Gasteiger partial charge is 0.346 e. The zero-order valence-electron chi connectivity index (χ0n) is 18.2. The van der Waals surface area contributed by atoms with Gasteiger partial charge in [-0.25, -0.2) is 0 Å². The summed E-state index contributed by atoms with van der Waals surface area (Å²) in [5.74, 6) is -0.107. The number of aromatic nitrogens is 1. The van der Waals surface area contributed by atoms with Crippen molar-refractivity contribution in [2.45, 2.75) is 23.3 Å². The predicted molar refractivity (Wildman–Crippen MR) is 139 cm³/mol. The SMILES string of the molecule is C=C(c1ccc(Br)cc1)c1ccccc1Sc1ccc(C(=O)NCc2ccccn2)cc1C. The van der Waals surface area contributed by atoms with E-state index in [9.17, 15) is 4.79 Å². The lowest BCUT2D eigenvalue weighted by molar-refractivity contribution is 0.0950. The van der Waals surface area contributed by atoms with E-state index in [4.69, 9.17) is 0 Å². The summed E-state index contributed by atoms with van der Waals surface area (Å²) < 4.78 is 1.04. The second-order valence-corrected chi connectivity index (χ2v) is 9.57. The summed E-state index contributed by atoms with van der Waals surface area (Å²) >= 11 is 5.18. The van der Waals surface area contributed by atoms with Crippen LogP contribution >= 0.6 is 27.7 Å². The van der Waals surface area contributed by atoms with E-state index in [-0.39, 0.29) is 5.91 Å². The molecule has 33 heavy (non-hydrogen) atoms. The lowest BCUT2D eigenvalue weighted by Crippen LogP contribution is -2.23. The Morgan fingerprint density at radius 3 is 2.39 bits per heavy atom. The van der Waals surface area contributed by atoms with Gasteiger partial charge in [-0.3, -0.25) is 9.78 Å². The fourth-order valence-corrected chi connectivity index (χ4v) is 4.72. The van der Waals surface area contributed by atoms with Crippen LogP contribution in [0.4, 0.5) is 0 Å². The van der Waals surface area contributed by atoms with Gasteiger partial charge in [0.15, 0.2) is 0 Å². The van der Waals surface area contributed by atoms with Crippen molar-refractivity contribution in [2.24, 2.45) is 0 Å². The number of aryl methyl sites for hydroxylation is 1. The van der Waals surface area contributed by atoms with Crippen molar-refractivity contribution >= 4 is 39.2 Å². The minimum atomic E-state index is -0.107. The number of carbonyl (C=O) groups is 1. The number of hydrogen-bond donors (Lipinski definition) is 1. The molecule has 0 saturated heterocycles. The minimum Gasteiger partial charge on any atom is -0.346 e. The Balaban J connectivity index is 1.50. The Hall–Kier alpha value is -3.15. The van der Waals surface area contributed by atoms with Gasteiger partial charge < -0.3 is 5.32 Å². The summed E-state index contributed by atoms with van der Waals surface area (Å²) in [5, 5.41) is 2.93. The van der Waals surface area contributed by atoms with Gasteiger partial charge in [-0.1, -0.05) is 70.7 Å². The first-order valence-corrected chi connectivity index (χ1v) is 12.1. The second-order valence-electron chi connectivity index (χ2n) is 7.57. The number of amides is 1. The third-order valence-electron chi connectivity index (χ3n) is 5.22. The van der Waals surface area contributed by atoms with E-state index < -0.39 is 0 Å². The Morgan fingerprint density at radius 2 is 1.67 bits per heavy atom. The molecule has 3 nitrogen and oxygen atoms in total. The smallest absolute Gasteiger partial charge is 0.251 e. The maximum atomic E-state index is 12.6. The summed E-state index contributed by atoms with van der Waals surface area (Å²) in [6.45, 7) is 6.78. The number of benzene rings is 3. The van der Waals surface area contributed by atoms with Crippen LogP contribution in [0.3, 0.4) is 0 Å². The average Bonchev–Trinajstić information content (AvgIpc) is 2.85. The molecule has 0 spiro atoms. The summed E-state index contributed by atoms with van der Waals surface area (Å²) in [5.41, 5.74) is 5.69. The molecule has 0 atom stereocenters. The van der Waals surface area contributed by atoms with Crippen molar-refractivity contribution in [3.63, 3.8) is 0 Å². The van der Waals surface area contributed by atoms with Gasteiger partial charge in [0.05, 0.1) is 12.2 Å². The molecule has 0 unspecified atom stereocenters. The van der Waals surface area contributed by atoms with Gasteiger partial charge in [0.25, 0.3) is 5.91 Å². The van der Waals surface area contributed by atoms with Gasteiger partial charge in [-0.15, -0.1) is 0 Å². The number of pyridine rings is 1. The van der Waals surface area contributed by atoms with Crippen LogP contribution in [-0.4, -0.2) is 10.9 Å². The molecule has 5 heteroatoms. The molecule has 0 radical (unpaired) electrons. The van der Waals surface area contributed by atoms with Crippen molar-refractivity contribution in [1.29, 1.82) is 0 Å². The average molecular weight is 515 g/mol.